The third kappa shape index (κ3) is 5.91. The van der Waals surface area contributed by atoms with E-state index < -0.39 is 0 Å². The minimum absolute atomic E-state index is 0. The van der Waals surface area contributed by atoms with Crippen molar-refractivity contribution in [1.29, 1.82) is 0 Å². The van der Waals surface area contributed by atoms with Crippen molar-refractivity contribution in [3.63, 3.8) is 0 Å². The Bertz CT molecular complexity index is 574. The van der Waals surface area contributed by atoms with Crippen molar-refractivity contribution in [1.82, 2.24) is 15.5 Å². The highest BCUT2D eigenvalue weighted by atomic mass is 127. The second-order valence-electron chi connectivity index (χ2n) is 6.56. The fourth-order valence-corrected chi connectivity index (χ4v) is 3.15. The fraction of sp³-hybridized carbons (Fsp3) is 0.611. The Balaban J connectivity index is 0.00000225. The molecule has 0 amide bonds. The third-order valence-corrected chi connectivity index (χ3v) is 4.76. The van der Waals surface area contributed by atoms with Gasteiger partial charge in [0.1, 0.15) is 0 Å². The molecule has 0 unspecified atom stereocenters. The first kappa shape index (κ1) is 20.1. The number of guanidine groups is 1. The molecule has 6 nitrogen and oxygen atoms in total. The zero-order valence-electron chi connectivity index (χ0n) is 15.1. The minimum atomic E-state index is 0. The van der Waals surface area contributed by atoms with Gasteiger partial charge in [0.05, 0.1) is 0 Å². The summed E-state index contributed by atoms with van der Waals surface area (Å²) >= 11 is 0. The van der Waals surface area contributed by atoms with Crippen molar-refractivity contribution in [3.05, 3.63) is 23.8 Å². The van der Waals surface area contributed by atoms with Crippen LogP contribution in [0.5, 0.6) is 11.5 Å². The van der Waals surface area contributed by atoms with Crippen molar-refractivity contribution in [3.8, 4) is 11.5 Å². The lowest BCUT2D eigenvalue weighted by Crippen LogP contribution is -2.42. The number of nitrogens with zero attached hydrogens (tertiary/aromatic N) is 2. The summed E-state index contributed by atoms with van der Waals surface area (Å²) in [4.78, 5) is 6.71. The maximum absolute atomic E-state index is 5.42. The van der Waals surface area contributed by atoms with Gasteiger partial charge in [-0.3, -0.25) is 4.99 Å². The Hall–Kier alpha value is -1.22. The molecule has 0 bridgehead atoms. The van der Waals surface area contributed by atoms with Gasteiger partial charge in [0, 0.05) is 20.1 Å². The Morgan fingerprint density at radius 3 is 2.72 bits per heavy atom. The van der Waals surface area contributed by atoms with Crippen molar-refractivity contribution in [2.24, 2.45) is 10.9 Å². The van der Waals surface area contributed by atoms with E-state index in [0.29, 0.717) is 6.79 Å². The van der Waals surface area contributed by atoms with Crippen LogP contribution in [0.4, 0.5) is 0 Å². The van der Waals surface area contributed by atoms with Gasteiger partial charge in [-0.1, -0.05) is 6.07 Å². The molecule has 2 N–H and O–H groups in total. The SMILES string of the molecule is CN=C(NCCc1ccc2c(c1)OCO2)NCC1CCN(C)CC1.I. The lowest BCUT2D eigenvalue weighted by Gasteiger charge is -2.29. The fourth-order valence-electron chi connectivity index (χ4n) is 3.15. The molecule has 0 aliphatic carbocycles. The quantitative estimate of drug-likeness (QED) is 0.401. The second kappa shape index (κ2) is 10.1. The smallest absolute Gasteiger partial charge is 0.231 e. The molecule has 0 aromatic heterocycles. The second-order valence-corrected chi connectivity index (χ2v) is 6.56. The molecule has 2 heterocycles. The molecule has 140 valence electrons. The lowest BCUT2D eigenvalue weighted by molar-refractivity contribution is 0.174. The predicted octanol–water partition coefficient (Wildman–Crippen LogP) is 2.08. The first-order chi connectivity index (χ1) is 11.7. The summed E-state index contributed by atoms with van der Waals surface area (Å²) in [6.07, 6.45) is 3.45. The van der Waals surface area contributed by atoms with Gasteiger partial charge in [0.2, 0.25) is 6.79 Å². The van der Waals surface area contributed by atoms with E-state index in [1.165, 1.54) is 31.5 Å². The number of nitrogens with one attached hydrogen (secondary N) is 2. The molecule has 1 saturated heterocycles. The normalized spacial score (nSPS) is 17.9. The van der Waals surface area contributed by atoms with Crippen molar-refractivity contribution in [2.75, 3.05) is 47.1 Å². The van der Waals surface area contributed by atoms with Crippen LogP contribution in [0, 0.1) is 5.92 Å². The molecule has 0 saturated carbocycles. The van der Waals surface area contributed by atoms with E-state index in [1.807, 2.05) is 13.1 Å². The first-order valence-corrected chi connectivity index (χ1v) is 8.76. The van der Waals surface area contributed by atoms with E-state index in [4.69, 9.17) is 9.47 Å². The summed E-state index contributed by atoms with van der Waals surface area (Å²) in [5.74, 6) is 3.31. The number of hydrogen-bond acceptors (Lipinski definition) is 4. The minimum Gasteiger partial charge on any atom is -0.454 e. The third-order valence-electron chi connectivity index (χ3n) is 4.76. The molecule has 1 aromatic rings. The van der Waals surface area contributed by atoms with E-state index >= 15 is 0 Å². The highest BCUT2D eigenvalue weighted by molar-refractivity contribution is 14.0. The molecule has 3 rings (SSSR count). The van der Waals surface area contributed by atoms with Crippen LogP contribution < -0.4 is 20.1 Å². The maximum atomic E-state index is 5.42. The van der Waals surface area contributed by atoms with Gasteiger partial charge >= 0.3 is 0 Å². The number of piperidine rings is 1. The first-order valence-electron chi connectivity index (χ1n) is 8.76. The Morgan fingerprint density at radius 1 is 1.20 bits per heavy atom. The van der Waals surface area contributed by atoms with Gasteiger partial charge < -0.3 is 25.0 Å². The number of rotatable bonds is 5. The van der Waals surface area contributed by atoms with Gasteiger partial charge in [-0.15, -0.1) is 24.0 Å². The van der Waals surface area contributed by atoms with E-state index in [2.05, 4.69) is 39.7 Å². The summed E-state index contributed by atoms with van der Waals surface area (Å²) < 4.78 is 10.8. The average Bonchev–Trinajstić information content (AvgIpc) is 3.07. The highest BCUT2D eigenvalue weighted by Gasteiger charge is 2.17. The molecule has 1 fully saturated rings. The average molecular weight is 460 g/mol. The van der Waals surface area contributed by atoms with Gasteiger partial charge in [0.15, 0.2) is 17.5 Å². The number of ether oxygens (including phenoxy) is 2. The lowest BCUT2D eigenvalue weighted by atomic mass is 9.97. The van der Waals surface area contributed by atoms with E-state index in [-0.39, 0.29) is 24.0 Å². The van der Waals surface area contributed by atoms with Crippen LogP contribution in [0.2, 0.25) is 0 Å². The van der Waals surface area contributed by atoms with Crippen molar-refractivity contribution >= 4 is 29.9 Å². The van der Waals surface area contributed by atoms with Crippen molar-refractivity contribution < 1.29 is 9.47 Å². The summed E-state index contributed by atoms with van der Waals surface area (Å²) in [5, 5.41) is 6.85. The number of fused-ring (bicyclic) bond motifs is 1. The van der Waals surface area contributed by atoms with Crippen LogP contribution in [0.1, 0.15) is 18.4 Å². The molecule has 7 heteroatoms. The number of aliphatic imine (C=N–C) groups is 1. The largest absolute Gasteiger partial charge is 0.454 e. The summed E-state index contributed by atoms with van der Waals surface area (Å²) in [6.45, 7) is 4.56. The standard InChI is InChI=1S/C18H28N4O2.HI/c1-19-18(21-12-15-6-9-22(2)10-7-15)20-8-5-14-3-4-16-17(11-14)24-13-23-16;/h3-4,11,15H,5-10,12-13H2,1-2H3,(H2,19,20,21);1H. The monoisotopic (exact) mass is 460 g/mol. The maximum Gasteiger partial charge on any atom is 0.231 e. The number of halogens is 1. The number of benzene rings is 1. The summed E-state index contributed by atoms with van der Waals surface area (Å²) in [5.41, 5.74) is 1.23. The molecule has 0 radical (unpaired) electrons. The molecule has 2 aliphatic heterocycles. The van der Waals surface area contributed by atoms with Gasteiger partial charge in [-0.25, -0.2) is 0 Å². The molecule has 0 atom stereocenters. The van der Waals surface area contributed by atoms with E-state index in [9.17, 15) is 0 Å². The molecule has 1 aromatic carbocycles. The van der Waals surface area contributed by atoms with Crippen LogP contribution in [0.25, 0.3) is 0 Å². The predicted molar refractivity (Wildman–Crippen MR) is 111 cm³/mol. The zero-order chi connectivity index (χ0) is 16.8. The summed E-state index contributed by atoms with van der Waals surface area (Å²) in [6, 6.07) is 6.12. The zero-order valence-corrected chi connectivity index (χ0v) is 17.4. The Morgan fingerprint density at radius 2 is 1.96 bits per heavy atom. The van der Waals surface area contributed by atoms with Crippen LogP contribution in [0.3, 0.4) is 0 Å². The van der Waals surface area contributed by atoms with Gasteiger partial charge in [-0.05, 0) is 63.0 Å². The van der Waals surface area contributed by atoms with Gasteiger partial charge in [-0.2, -0.15) is 0 Å². The van der Waals surface area contributed by atoms with Gasteiger partial charge in [0.25, 0.3) is 0 Å². The van der Waals surface area contributed by atoms with Crippen LogP contribution in [-0.4, -0.2) is 57.9 Å². The number of hydrogen-bond donors (Lipinski definition) is 2. The van der Waals surface area contributed by atoms with Crippen LogP contribution in [0.15, 0.2) is 23.2 Å². The van der Waals surface area contributed by atoms with Crippen LogP contribution in [-0.2, 0) is 6.42 Å². The van der Waals surface area contributed by atoms with E-state index in [0.717, 1.165) is 42.9 Å². The van der Waals surface area contributed by atoms with Crippen LogP contribution >= 0.6 is 24.0 Å². The molecular formula is C18H29IN4O2. The van der Waals surface area contributed by atoms with E-state index in [1.54, 1.807) is 0 Å². The molecule has 2 aliphatic rings. The molecule has 0 spiro atoms. The molecular weight excluding hydrogens is 431 g/mol. The summed E-state index contributed by atoms with van der Waals surface area (Å²) in [7, 11) is 4.02. The topological polar surface area (TPSA) is 58.1 Å². The number of likely N-dealkylation sites (tertiary alicyclic amines) is 1. The molecule has 25 heavy (non-hydrogen) atoms. The van der Waals surface area contributed by atoms with Crippen molar-refractivity contribution in [2.45, 2.75) is 19.3 Å². The Kier molecular flexibility index (Phi) is 8.08. The highest BCUT2D eigenvalue weighted by Crippen LogP contribution is 2.32. The Labute approximate surface area is 167 Å².